The van der Waals surface area contributed by atoms with Gasteiger partial charge in [-0.25, -0.2) is 4.98 Å². The SMILES string of the molecule is [2H]C([2H])([2H])c1cccc(C([2H])([2H])[2H])c1-c1cc(-c2ccc3oc4ccccc4c3c2)c2c(c1)-c1cc3c(cc1-c1ccccc1-c1cc(C(C)(C)C)cc4c1[n+]-2[c-]n4-c1[c-]c(Oc2[c-]c4c(cc2)c2ccccc2n4-c2cc(C(C)(C)C)ccn2)ccc1)C(C)(C)CCC3(C)C.[Pt]. The zero-order valence-corrected chi connectivity index (χ0v) is 55.1. The molecule has 5 heterocycles. The first kappa shape index (κ1) is 51.6. The molecule has 0 fully saturated rings. The van der Waals surface area contributed by atoms with Crippen molar-refractivity contribution >= 4 is 54.8 Å². The summed E-state index contributed by atoms with van der Waals surface area (Å²) in [6.07, 6.45) is 7.87. The number of furan rings is 1. The molecule has 0 saturated heterocycles. The number of pyridine rings is 1. The maximum absolute atomic E-state index is 9.10. The van der Waals surface area contributed by atoms with Crippen LogP contribution in [-0.4, -0.2) is 14.1 Å². The summed E-state index contributed by atoms with van der Waals surface area (Å²) in [6, 6.07) is 71.1. The summed E-state index contributed by atoms with van der Waals surface area (Å²) in [4.78, 5) is 4.93. The van der Waals surface area contributed by atoms with Gasteiger partial charge in [0.1, 0.15) is 17.0 Å². The quantitative estimate of drug-likeness (QED) is 0.123. The molecule has 6 nitrogen and oxygen atoms in total. The molecule has 1 aliphatic heterocycles. The van der Waals surface area contributed by atoms with E-state index < -0.39 is 13.7 Å². The second-order valence-electron chi connectivity index (χ2n) is 28.2. The third kappa shape index (κ3) is 9.45. The molecule has 0 atom stereocenters. The van der Waals surface area contributed by atoms with Gasteiger partial charge in [0.15, 0.2) is 0 Å². The summed E-state index contributed by atoms with van der Waals surface area (Å²) in [5.41, 5.74) is 18.1. The minimum absolute atomic E-state index is 0. The van der Waals surface area contributed by atoms with E-state index in [1.54, 1.807) is 18.2 Å². The van der Waals surface area contributed by atoms with Gasteiger partial charge in [0, 0.05) is 63.3 Å². The zero-order valence-electron chi connectivity index (χ0n) is 58.8. The molecular formula is C84H72N4O2Pt-2. The molecule has 0 unspecified atom stereocenters. The average Bonchev–Trinajstić information content (AvgIpc) is 1.64. The van der Waals surface area contributed by atoms with Crippen molar-refractivity contribution in [2.45, 2.75) is 117 Å². The van der Waals surface area contributed by atoms with Crippen LogP contribution in [0.4, 0.5) is 0 Å². The Hall–Kier alpha value is -9.09. The van der Waals surface area contributed by atoms with Crippen LogP contribution in [0.3, 0.4) is 0 Å². The topological polar surface area (TPSA) is 49.0 Å². The van der Waals surface area contributed by atoms with Crippen LogP contribution in [0, 0.1) is 32.2 Å². The number of hydrogen-bond donors (Lipinski definition) is 0. The van der Waals surface area contributed by atoms with Crippen LogP contribution in [-0.2, 0) is 42.7 Å². The Morgan fingerprint density at radius 3 is 1.91 bits per heavy atom. The fourth-order valence-electron chi connectivity index (χ4n) is 14.4. The van der Waals surface area contributed by atoms with Crippen LogP contribution in [0.5, 0.6) is 11.5 Å². The Bertz CT molecular complexity index is 5560. The summed E-state index contributed by atoms with van der Waals surface area (Å²) >= 11 is 0. The fraction of sp³-hybridized carbons (Fsp3) is 0.214. The third-order valence-corrected chi connectivity index (χ3v) is 19.4. The van der Waals surface area contributed by atoms with Gasteiger partial charge in [0.05, 0.1) is 16.7 Å². The van der Waals surface area contributed by atoms with Crippen molar-refractivity contribution in [3.63, 3.8) is 0 Å². The average molecular weight is 1370 g/mol. The standard InChI is InChI=1S/C84H72N4O2.Pt/c1-50-21-19-22-51(2)78(50)53-40-64(52-31-34-76-67(39-52)63-28-16-18-30-75(63)90-76)79-68(41-53)66-48-71-70(83(9,10)36-37-84(71,11)12)47-65(66)59-25-13-14-26-60(59)69-42-55(82(6,7)8)43-74-80(69)87(79)49-86(74)56-23-20-24-57(45-56)89-58-32-33-62-61-27-15-17-29-72(61)88(73(62)46-58)77-44-54(35-38-85-77)81(3,4)5;/h13-35,38-44,47-48H,36-37H2,1-12H3;/q-2;/i1D3,2D3;. The number of hydrogen-bond acceptors (Lipinski definition) is 3. The van der Waals surface area contributed by atoms with Gasteiger partial charge >= 0.3 is 0 Å². The van der Waals surface area contributed by atoms with Crippen LogP contribution in [0.25, 0.3) is 128 Å². The van der Waals surface area contributed by atoms with Gasteiger partial charge in [0.25, 0.3) is 6.33 Å². The van der Waals surface area contributed by atoms with E-state index in [1.807, 2.05) is 60.8 Å². The molecule has 14 aromatic rings. The molecule has 0 bridgehead atoms. The first-order chi connectivity index (χ1) is 45.6. The molecule has 16 rings (SSSR count). The molecule has 7 heteroatoms. The summed E-state index contributed by atoms with van der Waals surface area (Å²) in [7, 11) is 0. The Labute approximate surface area is 556 Å². The first-order valence-electron chi connectivity index (χ1n) is 34.3. The first-order valence-corrected chi connectivity index (χ1v) is 31.3. The molecule has 0 saturated carbocycles. The van der Waals surface area contributed by atoms with Crippen LogP contribution < -0.4 is 9.30 Å². The van der Waals surface area contributed by atoms with Crippen molar-refractivity contribution in [1.82, 2.24) is 14.1 Å². The largest absolute Gasteiger partial charge is 0.510 e. The summed E-state index contributed by atoms with van der Waals surface area (Å²) in [6.45, 7) is 17.4. The Balaban J connectivity index is 0.00000770. The van der Waals surface area contributed by atoms with E-state index in [-0.39, 0.29) is 59.4 Å². The molecule has 452 valence electrons. The molecule has 91 heavy (non-hydrogen) atoms. The van der Waals surface area contributed by atoms with Crippen LogP contribution in [0.2, 0.25) is 0 Å². The van der Waals surface area contributed by atoms with Crippen molar-refractivity contribution in [3.8, 4) is 84.3 Å². The smallest absolute Gasteiger partial charge is 0.268 e. The van der Waals surface area contributed by atoms with Crippen LogP contribution in [0.15, 0.2) is 199 Å². The molecule has 0 N–H and O–H groups in total. The molecule has 2 aliphatic rings. The normalized spacial score (nSPS) is 15.4. The second kappa shape index (κ2) is 21.0. The summed E-state index contributed by atoms with van der Waals surface area (Å²) < 4.78 is 74.6. The number of imidazole rings is 1. The summed E-state index contributed by atoms with van der Waals surface area (Å²) in [5, 5.41) is 3.94. The molecule has 0 radical (unpaired) electrons. The molecular weight excluding hydrogens is 1290 g/mol. The predicted molar refractivity (Wildman–Crippen MR) is 370 cm³/mol. The number of rotatable bonds is 6. The summed E-state index contributed by atoms with van der Waals surface area (Å²) in [5.74, 6) is 1.76. The van der Waals surface area contributed by atoms with Crippen molar-refractivity contribution in [2.75, 3.05) is 0 Å². The Morgan fingerprint density at radius 2 is 1.18 bits per heavy atom. The monoisotopic (exact) mass is 1370 g/mol. The van der Waals surface area contributed by atoms with Crippen molar-refractivity contribution < 1.29 is 43.0 Å². The maximum atomic E-state index is 9.10. The zero-order chi connectivity index (χ0) is 66.9. The number of para-hydroxylation sites is 2. The van der Waals surface area contributed by atoms with Gasteiger partial charge in [-0.15, -0.1) is 29.7 Å². The van der Waals surface area contributed by atoms with Gasteiger partial charge in [-0.2, -0.15) is 18.2 Å². The van der Waals surface area contributed by atoms with Crippen molar-refractivity contribution in [2.24, 2.45) is 0 Å². The maximum Gasteiger partial charge on any atom is 0.268 e. The van der Waals surface area contributed by atoms with E-state index in [1.165, 1.54) is 16.7 Å². The van der Waals surface area contributed by atoms with Crippen molar-refractivity contribution in [1.29, 1.82) is 0 Å². The van der Waals surface area contributed by atoms with Gasteiger partial charge in [-0.1, -0.05) is 172 Å². The second-order valence-corrected chi connectivity index (χ2v) is 28.2. The van der Waals surface area contributed by atoms with Crippen molar-refractivity contribution in [3.05, 3.63) is 246 Å². The molecule has 10 aromatic carbocycles. The Kier molecular flexibility index (Phi) is 11.9. The molecule has 4 aromatic heterocycles. The van der Waals surface area contributed by atoms with Gasteiger partial charge in [0.2, 0.25) is 0 Å². The number of benzene rings is 10. The minimum Gasteiger partial charge on any atom is -0.510 e. The molecule has 0 spiro atoms. The number of fused-ring (bicyclic) bond motifs is 14. The van der Waals surface area contributed by atoms with E-state index in [0.29, 0.717) is 28.3 Å². The minimum atomic E-state index is -2.69. The van der Waals surface area contributed by atoms with E-state index in [9.17, 15) is 0 Å². The fourth-order valence-corrected chi connectivity index (χ4v) is 14.4. The van der Waals surface area contributed by atoms with Crippen LogP contribution >= 0.6 is 0 Å². The molecule has 1 aliphatic carbocycles. The van der Waals surface area contributed by atoms with E-state index in [4.69, 9.17) is 22.4 Å². The van der Waals surface area contributed by atoms with Gasteiger partial charge in [-0.05, 0) is 209 Å². The number of aryl methyl sites for hydroxylation is 2. The number of ether oxygens (including phenoxy) is 1. The van der Waals surface area contributed by atoms with E-state index in [0.717, 1.165) is 124 Å². The van der Waals surface area contributed by atoms with Crippen LogP contribution in [0.1, 0.15) is 124 Å². The third-order valence-electron chi connectivity index (χ3n) is 19.4. The number of nitrogens with zero attached hydrogens (tertiary/aromatic N) is 4. The predicted octanol–water partition coefficient (Wildman–Crippen LogP) is 21.7. The Morgan fingerprint density at radius 1 is 0.527 bits per heavy atom. The van der Waals surface area contributed by atoms with Gasteiger partial charge in [-0.3, -0.25) is 4.57 Å². The number of aromatic nitrogens is 4. The molecule has 0 amide bonds. The van der Waals surface area contributed by atoms with Gasteiger partial charge < -0.3 is 18.3 Å². The van der Waals surface area contributed by atoms with E-state index in [2.05, 4.69) is 217 Å². The van der Waals surface area contributed by atoms with E-state index >= 15 is 0 Å².